The number of aromatic nitrogens is 1. The predicted molar refractivity (Wildman–Crippen MR) is 67.6 cm³/mol. The van der Waals surface area contributed by atoms with Gasteiger partial charge in [0, 0.05) is 24.6 Å². The van der Waals surface area contributed by atoms with Crippen LogP contribution < -0.4 is 11.1 Å². The Morgan fingerprint density at radius 2 is 2.24 bits per heavy atom. The van der Waals surface area contributed by atoms with E-state index in [2.05, 4.69) is 10.3 Å². The molecule has 0 aliphatic heterocycles. The average Bonchev–Trinajstić information content (AvgIpc) is 2.82. The number of amides is 1. The van der Waals surface area contributed by atoms with Gasteiger partial charge in [-0.05, 0) is 18.4 Å². The van der Waals surface area contributed by atoms with Gasteiger partial charge in [0.2, 0.25) is 0 Å². The van der Waals surface area contributed by atoms with Crippen molar-refractivity contribution in [3.8, 4) is 0 Å². The van der Waals surface area contributed by atoms with Gasteiger partial charge in [0.15, 0.2) is 0 Å². The normalized spacial score (nSPS) is 16.0. The summed E-state index contributed by atoms with van der Waals surface area (Å²) in [5, 5.41) is 2.91. The van der Waals surface area contributed by atoms with Crippen molar-refractivity contribution in [1.29, 1.82) is 0 Å². The number of nitrogens with one attached hydrogen (secondary N) is 1. The van der Waals surface area contributed by atoms with E-state index in [1.165, 1.54) is 31.9 Å². The number of nitrogen functional groups attached to an aromatic ring is 1. The molecule has 17 heavy (non-hydrogen) atoms. The van der Waals surface area contributed by atoms with E-state index in [1.54, 1.807) is 12.3 Å². The minimum absolute atomic E-state index is 0.117. The first kappa shape index (κ1) is 11.9. The second kappa shape index (κ2) is 5.66. The predicted octanol–water partition coefficient (Wildman–Crippen LogP) is 1.97. The summed E-state index contributed by atoms with van der Waals surface area (Å²) in [6, 6.07) is 1.64. The fourth-order valence-corrected chi connectivity index (χ4v) is 2.38. The highest BCUT2D eigenvalue weighted by Crippen LogP contribution is 2.26. The fourth-order valence-electron chi connectivity index (χ4n) is 2.38. The van der Waals surface area contributed by atoms with Gasteiger partial charge in [0.1, 0.15) is 0 Å². The Hall–Kier alpha value is -1.58. The Kier molecular flexibility index (Phi) is 3.96. The lowest BCUT2D eigenvalue weighted by Gasteiger charge is -2.10. The molecule has 92 valence electrons. The van der Waals surface area contributed by atoms with Crippen LogP contribution in [0.3, 0.4) is 0 Å². The van der Waals surface area contributed by atoms with Crippen LogP contribution in [-0.2, 0) is 0 Å². The summed E-state index contributed by atoms with van der Waals surface area (Å²) in [6.45, 7) is 0.734. The van der Waals surface area contributed by atoms with Crippen LogP contribution in [0.5, 0.6) is 0 Å². The zero-order valence-electron chi connectivity index (χ0n) is 9.98. The summed E-state index contributed by atoms with van der Waals surface area (Å²) in [4.78, 5) is 15.7. The van der Waals surface area contributed by atoms with Gasteiger partial charge in [-0.15, -0.1) is 0 Å². The Morgan fingerprint density at radius 1 is 1.47 bits per heavy atom. The SMILES string of the molecule is Nc1ccncc1C(=O)NCCC1CCCC1. The third kappa shape index (κ3) is 3.19. The van der Waals surface area contributed by atoms with Crippen LogP contribution in [0.4, 0.5) is 5.69 Å². The number of nitrogens with two attached hydrogens (primary N) is 1. The molecule has 1 aromatic heterocycles. The van der Waals surface area contributed by atoms with E-state index in [0.29, 0.717) is 11.3 Å². The molecule has 1 amide bonds. The van der Waals surface area contributed by atoms with Crippen molar-refractivity contribution < 1.29 is 4.79 Å². The van der Waals surface area contributed by atoms with Gasteiger partial charge in [-0.1, -0.05) is 25.7 Å². The van der Waals surface area contributed by atoms with Gasteiger partial charge >= 0.3 is 0 Å². The number of hydrogen-bond acceptors (Lipinski definition) is 3. The highest BCUT2D eigenvalue weighted by atomic mass is 16.1. The van der Waals surface area contributed by atoms with Gasteiger partial charge in [0.05, 0.1) is 5.56 Å². The van der Waals surface area contributed by atoms with Crippen molar-refractivity contribution in [3.05, 3.63) is 24.0 Å². The molecular formula is C13H19N3O. The molecule has 0 atom stereocenters. The second-order valence-corrected chi connectivity index (χ2v) is 4.66. The average molecular weight is 233 g/mol. The van der Waals surface area contributed by atoms with Gasteiger partial charge in [0.25, 0.3) is 5.91 Å². The van der Waals surface area contributed by atoms with Crippen LogP contribution >= 0.6 is 0 Å². The molecule has 1 heterocycles. The Labute approximate surface area is 102 Å². The molecule has 1 saturated carbocycles. The van der Waals surface area contributed by atoms with Crippen molar-refractivity contribution in [2.24, 2.45) is 5.92 Å². The quantitative estimate of drug-likeness (QED) is 0.835. The van der Waals surface area contributed by atoms with Crippen LogP contribution in [0.1, 0.15) is 42.5 Å². The molecule has 0 bridgehead atoms. The third-order valence-corrected chi connectivity index (χ3v) is 3.41. The molecule has 1 aliphatic rings. The summed E-state index contributed by atoms with van der Waals surface area (Å²) in [5.41, 5.74) is 6.67. The number of pyridine rings is 1. The topological polar surface area (TPSA) is 68.0 Å². The molecule has 0 unspecified atom stereocenters. The molecule has 0 spiro atoms. The number of carbonyl (C=O) groups is 1. The second-order valence-electron chi connectivity index (χ2n) is 4.66. The lowest BCUT2D eigenvalue weighted by atomic mass is 10.0. The van der Waals surface area contributed by atoms with Gasteiger partial charge in [-0.25, -0.2) is 0 Å². The van der Waals surface area contributed by atoms with E-state index < -0.39 is 0 Å². The lowest BCUT2D eigenvalue weighted by Crippen LogP contribution is -2.26. The monoisotopic (exact) mass is 233 g/mol. The molecular weight excluding hydrogens is 214 g/mol. The zero-order chi connectivity index (χ0) is 12.1. The number of hydrogen-bond donors (Lipinski definition) is 2. The van der Waals surface area contributed by atoms with Gasteiger partial charge in [-0.3, -0.25) is 9.78 Å². The molecule has 4 heteroatoms. The minimum atomic E-state index is -0.117. The summed E-state index contributed by atoms with van der Waals surface area (Å²) in [5.74, 6) is 0.676. The van der Waals surface area contributed by atoms with Crippen molar-refractivity contribution in [2.45, 2.75) is 32.1 Å². The Bertz CT molecular complexity index is 386. The van der Waals surface area contributed by atoms with Crippen LogP contribution in [-0.4, -0.2) is 17.4 Å². The first-order valence-corrected chi connectivity index (χ1v) is 6.25. The van der Waals surface area contributed by atoms with Gasteiger partial charge < -0.3 is 11.1 Å². The van der Waals surface area contributed by atoms with Crippen molar-refractivity contribution in [1.82, 2.24) is 10.3 Å². The van der Waals surface area contributed by atoms with E-state index in [4.69, 9.17) is 5.73 Å². The number of carbonyl (C=O) groups excluding carboxylic acids is 1. The fraction of sp³-hybridized carbons (Fsp3) is 0.538. The molecule has 4 nitrogen and oxygen atoms in total. The van der Waals surface area contributed by atoms with Crippen molar-refractivity contribution >= 4 is 11.6 Å². The van der Waals surface area contributed by atoms with Crippen molar-refractivity contribution in [3.63, 3.8) is 0 Å². The first-order chi connectivity index (χ1) is 8.27. The maximum absolute atomic E-state index is 11.8. The largest absolute Gasteiger partial charge is 0.398 e. The van der Waals surface area contributed by atoms with E-state index >= 15 is 0 Å². The molecule has 0 radical (unpaired) electrons. The van der Waals surface area contributed by atoms with Crippen LogP contribution in [0.2, 0.25) is 0 Å². The number of nitrogens with zero attached hydrogens (tertiary/aromatic N) is 1. The van der Waals surface area contributed by atoms with Crippen LogP contribution in [0, 0.1) is 5.92 Å². The number of rotatable bonds is 4. The lowest BCUT2D eigenvalue weighted by molar-refractivity contribution is 0.0952. The first-order valence-electron chi connectivity index (χ1n) is 6.25. The summed E-state index contributed by atoms with van der Waals surface area (Å²) in [7, 11) is 0. The van der Waals surface area contributed by atoms with E-state index in [0.717, 1.165) is 18.9 Å². The maximum atomic E-state index is 11.8. The smallest absolute Gasteiger partial charge is 0.254 e. The van der Waals surface area contributed by atoms with Gasteiger partial charge in [-0.2, -0.15) is 0 Å². The summed E-state index contributed by atoms with van der Waals surface area (Å²) < 4.78 is 0. The third-order valence-electron chi connectivity index (χ3n) is 3.41. The molecule has 3 N–H and O–H groups in total. The standard InChI is InChI=1S/C13H19N3O/c14-12-6-7-15-9-11(12)13(17)16-8-5-10-3-1-2-4-10/h6-7,9-10H,1-5,8H2,(H2,14,15)(H,16,17). The molecule has 2 rings (SSSR count). The van der Waals surface area contributed by atoms with E-state index in [-0.39, 0.29) is 5.91 Å². The van der Waals surface area contributed by atoms with E-state index in [1.807, 2.05) is 0 Å². The molecule has 0 saturated heterocycles. The van der Waals surface area contributed by atoms with Crippen molar-refractivity contribution in [2.75, 3.05) is 12.3 Å². The van der Waals surface area contributed by atoms with Crippen LogP contribution in [0.15, 0.2) is 18.5 Å². The number of anilines is 1. The minimum Gasteiger partial charge on any atom is -0.398 e. The Balaban J connectivity index is 1.79. The molecule has 1 fully saturated rings. The van der Waals surface area contributed by atoms with E-state index in [9.17, 15) is 4.79 Å². The van der Waals surface area contributed by atoms with Crippen LogP contribution in [0.25, 0.3) is 0 Å². The molecule has 1 aliphatic carbocycles. The highest BCUT2D eigenvalue weighted by Gasteiger charge is 2.15. The zero-order valence-corrected chi connectivity index (χ0v) is 9.98. The molecule has 1 aromatic rings. The summed E-state index contributed by atoms with van der Waals surface area (Å²) in [6.07, 6.45) is 9.48. The summed E-state index contributed by atoms with van der Waals surface area (Å²) >= 11 is 0. The highest BCUT2D eigenvalue weighted by molar-refractivity contribution is 5.98. The molecule has 0 aromatic carbocycles. The maximum Gasteiger partial charge on any atom is 0.254 e. The Morgan fingerprint density at radius 3 is 2.94 bits per heavy atom.